The third-order valence-electron chi connectivity index (χ3n) is 3.43. The maximum atomic E-state index is 5.54. The molecule has 4 heteroatoms. The molecule has 1 aromatic rings. The molecular weight excluding hydrogens is 266 g/mol. The van der Waals surface area contributed by atoms with E-state index < -0.39 is 0 Å². The topological polar surface area (TPSA) is 18.5 Å². The third-order valence-corrected chi connectivity index (χ3v) is 4.34. The highest BCUT2D eigenvalue weighted by Gasteiger charge is 2.48. The summed E-state index contributed by atoms with van der Waals surface area (Å²) in [4.78, 5) is 0. The normalized spacial score (nSPS) is 19.1. The van der Waals surface area contributed by atoms with Crippen molar-refractivity contribution in [2.24, 2.45) is 0 Å². The van der Waals surface area contributed by atoms with Crippen LogP contribution in [0, 0.1) is 0 Å². The van der Waals surface area contributed by atoms with Crippen molar-refractivity contribution in [3.63, 3.8) is 0 Å². The van der Waals surface area contributed by atoms with Crippen molar-refractivity contribution >= 4 is 21.0 Å². The monoisotopic (exact) mass is 296 g/mol. The molecule has 114 valence electrons. The van der Waals surface area contributed by atoms with E-state index in [2.05, 4.69) is 58.6 Å². The first-order valence-electron chi connectivity index (χ1n) is 7.37. The molecule has 0 spiro atoms. The number of benzene rings is 1. The van der Waals surface area contributed by atoms with Crippen molar-refractivity contribution in [1.82, 2.24) is 0 Å². The summed E-state index contributed by atoms with van der Waals surface area (Å²) >= 11 is 0. The zero-order valence-electron chi connectivity index (χ0n) is 14.3. The summed E-state index contributed by atoms with van der Waals surface area (Å²) in [5.41, 5.74) is -0.321. The summed E-state index contributed by atoms with van der Waals surface area (Å²) in [5.74, 6) is 0. The lowest BCUT2D eigenvalue weighted by molar-refractivity contribution is 0.00578. The van der Waals surface area contributed by atoms with E-state index in [-0.39, 0.29) is 18.3 Å². The van der Waals surface area contributed by atoms with Crippen LogP contribution in [0.1, 0.15) is 41.5 Å². The zero-order valence-corrected chi connectivity index (χ0v) is 15.3. The maximum absolute atomic E-state index is 5.54. The van der Waals surface area contributed by atoms with Crippen molar-refractivity contribution in [3.05, 3.63) is 30.3 Å². The van der Waals surface area contributed by atoms with E-state index in [1.807, 2.05) is 26.7 Å². The molecule has 1 saturated heterocycles. The maximum Gasteiger partial charge on any atom is 0.454 e. The predicted octanol–water partition coefficient (Wildman–Crippen LogP) is 4.35. The molecule has 1 heterocycles. The van der Waals surface area contributed by atoms with Gasteiger partial charge in [0.1, 0.15) is 0 Å². The Labute approximate surface area is 127 Å². The average Bonchev–Trinajstić information content (AvgIpc) is 2.60. The van der Waals surface area contributed by atoms with Gasteiger partial charge in [-0.2, -0.15) is 0 Å². The Kier molecular flexibility index (Phi) is 8.66. The molecule has 1 aliphatic rings. The number of hydrogen-bond donors (Lipinski definition) is 0. The predicted molar refractivity (Wildman–Crippen MR) is 93.6 cm³/mol. The van der Waals surface area contributed by atoms with Gasteiger partial charge in [-0.25, -0.2) is 0 Å². The molecular formula is C16H30BO2P. The Morgan fingerprint density at radius 2 is 1.30 bits per heavy atom. The molecule has 0 aliphatic carbocycles. The van der Waals surface area contributed by atoms with Crippen molar-refractivity contribution < 1.29 is 9.31 Å². The summed E-state index contributed by atoms with van der Waals surface area (Å²) in [7, 11) is 0.865. The molecule has 0 amide bonds. The highest BCUT2D eigenvalue weighted by Crippen LogP contribution is 2.36. The molecule has 0 saturated carbocycles. The molecule has 2 rings (SSSR count). The second-order valence-corrected chi connectivity index (χ2v) is 6.52. The Morgan fingerprint density at radius 1 is 0.900 bits per heavy atom. The van der Waals surface area contributed by atoms with Crippen molar-refractivity contribution in [3.8, 4) is 0 Å². The smallest absolute Gasteiger partial charge is 0.403 e. The van der Waals surface area contributed by atoms with E-state index in [0.29, 0.717) is 0 Å². The van der Waals surface area contributed by atoms with Gasteiger partial charge in [-0.3, -0.25) is 0 Å². The van der Waals surface area contributed by atoms with Gasteiger partial charge >= 0.3 is 7.12 Å². The number of hydrogen-bond acceptors (Lipinski definition) is 2. The minimum absolute atomic E-state index is 0.0648. The lowest BCUT2D eigenvalue weighted by Gasteiger charge is -2.32. The molecule has 1 aromatic carbocycles. The molecule has 1 aliphatic heterocycles. The second-order valence-electron chi connectivity index (χ2n) is 5.44. The van der Waals surface area contributed by atoms with Gasteiger partial charge in [-0.05, 0) is 46.5 Å². The van der Waals surface area contributed by atoms with Crippen LogP contribution in [0.5, 0.6) is 0 Å². The first kappa shape index (κ1) is 19.6. The van der Waals surface area contributed by atoms with Crippen LogP contribution in [0.15, 0.2) is 30.3 Å². The summed E-state index contributed by atoms with van der Waals surface area (Å²) in [5, 5.41) is 1.44. The van der Waals surface area contributed by atoms with Crippen LogP contribution in [-0.2, 0) is 9.31 Å². The van der Waals surface area contributed by atoms with Crippen molar-refractivity contribution in [2.45, 2.75) is 59.6 Å². The molecule has 0 N–H and O–H groups in total. The molecule has 20 heavy (non-hydrogen) atoms. The highest BCUT2D eigenvalue weighted by atomic mass is 31.1. The fourth-order valence-corrected chi connectivity index (χ4v) is 2.27. The third kappa shape index (κ3) is 5.95. The van der Waals surface area contributed by atoms with Gasteiger partial charge in [-0.1, -0.05) is 52.8 Å². The fourth-order valence-electron chi connectivity index (χ4n) is 1.74. The number of rotatable bonds is 1. The minimum atomic E-state index is -0.160. The van der Waals surface area contributed by atoms with Gasteiger partial charge in [0, 0.05) is 0 Å². The molecule has 0 radical (unpaired) electrons. The minimum Gasteiger partial charge on any atom is -0.403 e. The average molecular weight is 296 g/mol. The van der Waals surface area contributed by atoms with Gasteiger partial charge in [0.2, 0.25) is 0 Å². The Bertz CT molecular complexity index is 350. The zero-order chi connectivity index (χ0) is 15.8. The van der Waals surface area contributed by atoms with E-state index in [9.17, 15) is 0 Å². The van der Waals surface area contributed by atoms with Crippen LogP contribution < -0.4 is 5.30 Å². The molecule has 1 unspecified atom stereocenters. The standard InChI is InChI=1S/C7H15BO2.C7H9P.C2H6/c1-6(2)7(3,4)10-8(5)9-6;1-8-7-5-3-2-4-6-7;1-2/h1-5H3;2-6,8H,1H3;1-2H3. The second kappa shape index (κ2) is 8.82. The van der Waals surface area contributed by atoms with E-state index in [4.69, 9.17) is 9.31 Å². The summed E-state index contributed by atoms with van der Waals surface area (Å²) in [6.07, 6.45) is 0. The highest BCUT2D eigenvalue weighted by molar-refractivity contribution is 7.46. The van der Waals surface area contributed by atoms with Crippen molar-refractivity contribution in [1.29, 1.82) is 0 Å². The molecule has 1 atom stereocenters. The van der Waals surface area contributed by atoms with Crippen LogP contribution in [0.2, 0.25) is 6.82 Å². The molecule has 0 aromatic heterocycles. The Balaban J connectivity index is 0.000000327. The van der Waals surface area contributed by atoms with Crippen LogP contribution in [0.4, 0.5) is 0 Å². The lowest BCUT2D eigenvalue weighted by Crippen LogP contribution is -2.41. The fraction of sp³-hybridized carbons (Fsp3) is 0.625. The summed E-state index contributed by atoms with van der Waals surface area (Å²) < 4.78 is 11.1. The van der Waals surface area contributed by atoms with Crippen molar-refractivity contribution in [2.75, 3.05) is 6.66 Å². The van der Waals surface area contributed by atoms with Crippen LogP contribution in [0.3, 0.4) is 0 Å². The Hall–Kier alpha value is -0.365. The van der Waals surface area contributed by atoms with Gasteiger partial charge in [-0.15, -0.1) is 0 Å². The van der Waals surface area contributed by atoms with Gasteiger partial charge in [0.05, 0.1) is 11.2 Å². The Morgan fingerprint density at radius 3 is 1.50 bits per heavy atom. The summed E-state index contributed by atoms with van der Waals surface area (Å²) in [6.45, 7) is 16.3. The quantitative estimate of drug-likeness (QED) is 0.566. The summed E-state index contributed by atoms with van der Waals surface area (Å²) in [6, 6.07) is 10.5. The largest absolute Gasteiger partial charge is 0.454 e. The molecule has 0 bridgehead atoms. The molecule has 1 fully saturated rings. The van der Waals surface area contributed by atoms with Crippen LogP contribution in [-0.4, -0.2) is 25.0 Å². The van der Waals surface area contributed by atoms with Crippen LogP contribution >= 0.6 is 8.58 Å². The lowest BCUT2D eigenvalue weighted by atomic mass is 9.90. The van der Waals surface area contributed by atoms with E-state index in [1.54, 1.807) is 0 Å². The van der Waals surface area contributed by atoms with E-state index >= 15 is 0 Å². The SMILES string of the molecule is CB1OC(C)(C)C(C)(C)O1.CC.CPc1ccccc1. The first-order valence-corrected chi connectivity index (χ1v) is 8.87. The van der Waals surface area contributed by atoms with Gasteiger partial charge < -0.3 is 9.31 Å². The van der Waals surface area contributed by atoms with E-state index in [1.165, 1.54) is 5.30 Å². The van der Waals surface area contributed by atoms with Crippen LogP contribution in [0.25, 0.3) is 0 Å². The van der Waals surface area contributed by atoms with E-state index in [0.717, 1.165) is 8.58 Å². The molecule has 2 nitrogen and oxygen atoms in total. The van der Waals surface area contributed by atoms with Gasteiger partial charge in [0.25, 0.3) is 0 Å². The first-order chi connectivity index (χ1) is 9.28. The van der Waals surface area contributed by atoms with Gasteiger partial charge in [0.15, 0.2) is 0 Å².